The number of hydrogen-bond donors (Lipinski definition) is 1. The van der Waals surface area contributed by atoms with Gasteiger partial charge in [0.15, 0.2) is 0 Å². The molecule has 94 valence electrons. The summed E-state index contributed by atoms with van der Waals surface area (Å²) in [5.41, 5.74) is 0. The van der Waals surface area contributed by atoms with Crippen molar-refractivity contribution in [3.8, 4) is 5.88 Å². The average molecular weight is 237 g/mol. The molecule has 0 amide bonds. The molecule has 2 rings (SSSR count). The highest BCUT2D eigenvalue weighted by molar-refractivity contribution is 5.37. The normalized spacial score (nSPS) is 16.8. The van der Waals surface area contributed by atoms with Crippen molar-refractivity contribution in [2.24, 2.45) is 5.92 Å². The fraction of sp³-hybridized carbons (Fsp3) is 0.667. The van der Waals surface area contributed by atoms with Crippen LogP contribution in [0.5, 0.6) is 5.88 Å². The number of nitrogens with one attached hydrogen (secondary N) is 1. The molecule has 0 unspecified atom stereocenters. The van der Waals surface area contributed by atoms with E-state index in [4.69, 9.17) is 9.47 Å². The largest absolute Gasteiger partial charge is 0.477 e. The predicted octanol–water partition coefficient (Wildman–Crippen LogP) is 1.63. The van der Waals surface area contributed by atoms with Crippen LogP contribution in [-0.4, -0.2) is 36.8 Å². The van der Waals surface area contributed by atoms with Crippen molar-refractivity contribution in [1.29, 1.82) is 0 Å². The Morgan fingerprint density at radius 1 is 1.41 bits per heavy atom. The van der Waals surface area contributed by atoms with Gasteiger partial charge >= 0.3 is 0 Å². The van der Waals surface area contributed by atoms with Gasteiger partial charge in [-0.1, -0.05) is 0 Å². The van der Waals surface area contributed by atoms with Crippen molar-refractivity contribution in [2.45, 2.75) is 19.8 Å². The van der Waals surface area contributed by atoms with Gasteiger partial charge in [-0.15, -0.1) is 0 Å². The zero-order valence-corrected chi connectivity index (χ0v) is 10.4. The van der Waals surface area contributed by atoms with E-state index < -0.39 is 0 Å². The van der Waals surface area contributed by atoms with Crippen LogP contribution in [0.4, 0.5) is 5.82 Å². The summed E-state index contributed by atoms with van der Waals surface area (Å²) in [7, 11) is 1.84. The SMILES string of the molecule is CNc1cc(OCC2CCOCC2)nc(C)n1. The summed E-state index contributed by atoms with van der Waals surface area (Å²) in [6.45, 7) is 4.27. The van der Waals surface area contributed by atoms with E-state index >= 15 is 0 Å². The Kier molecular flexibility index (Phi) is 4.14. The third-order valence-corrected chi connectivity index (χ3v) is 2.88. The van der Waals surface area contributed by atoms with Gasteiger partial charge in [0.2, 0.25) is 5.88 Å². The van der Waals surface area contributed by atoms with Crippen LogP contribution in [0.3, 0.4) is 0 Å². The lowest BCUT2D eigenvalue weighted by atomic mass is 10.0. The maximum absolute atomic E-state index is 5.72. The van der Waals surface area contributed by atoms with Crippen LogP contribution in [0.25, 0.3) is 0 Å². The number of aryl methyl sites for hydroxylation is 1. The highest BCUT2D eigenvalue weighted by atomic mass is 16.5. The molecule has 0 radical (unpaired) electrons. The van der Waals surface area contributed by atoms with Crippen molar-refractivity contribution < 1.29 is 9.47 Å². The zero-order chi connectivity index (χ0) is 12.1. The molecular weight excluding hydrogens is 218 g/mol. The molecule has 5 heteroatoms. The van der Waals surface area contributed by atoms with Crippen molar-refractivity contribution in [3.05, 3.63) is 11.9 Å². The molecule has 0 spiro atoms. The minimum atomic E-state index is 0.581. The van der Waals surface area contributed by atoms with Gasteiger partial charge in [0.25, 0.3) is 0 Å². The number of nitrogens with zero attached hydrogens (tertiary/aromatic N) is 2. The monoisotopic (exact) mass is 237 g/mol. The van der Waals surface area contributed by atoms with Crippen LogP contribution >= 0.6 is 0 Å². The van der Waals surface area contributed by atoms with Crippen LogP contribution in [0.15, 0.2) is 6.07 Å². The number of aromatic nitrogens is 2. The molecule has 1 saturated heterocycles. The standard InChI is InChI=1S/C12H19N3O2/c1-9-14-11(13-2)7-12(15-9)17-8-10-3-5-16-6-4-10/h7,10H,3-6,8H2,1-2H3,(H,13,14,15). The number of ether oxygens (including phenoxy) is 2. The lowest BCUT2D eigenvalue weighted by Gasteiger charge is -2.21. The quantitative estimate of drug-likeness (QED) is 0.862. The second-order valence-corrected chi connectivity index (χ2v) is 4.26. The molecule has 0 aliphatic carbocycles. The molecule has 1 aromatic heterocycles. The predicted molar refractivity (Wildman–Crippen MR) is 65.4 cm³/mol. The molecule has 0 saturated carbocycles. The van der Waals surface area contributed by atoms with Crippen molar-refractivity contribution in [1.82, 2.24) is 9.97 Å². The number of hydrogen-bond acceptors (Lipinski definition) is 5. The van der Waals surface area contributed by atoms with Crippen molar-refractivity contribution in [2.75, 3.05) is 32.2 Å². The fourth-order valence-corrected chi connectivity index (χ4v) is 1.86. The Morgan fingerprint density at radius 3 is 2.88 bits per heavy atom. The van der Waals surface area contributed by atoms with E-state index in [1.807, 2.05) is 20.0 Å². The molecule has 0 atom stereocenters. The molecule has 1 aromatic rings. The molecule has 0 aromatic carbocycles. The van der Waals surface area contributed by atoms with Crippen LogP contribution in [0.2, 0.25) is 0 Å². The molecule has 17 heavy (non-hydrogen) atoms. The van der Waals surface area contributed by atoms with Gasteiger partial charge in [0.05, 0.1) is 6.61 Å². The first-order valence-corrected chi connectivity index (χ1v) is 6.02. The van der Waals surface area contributed by atoms with Crippen LogP contribution in [0.1, 0.15) is 18.7 Å². The van der Waals surface area contributed by atoms with E-state index in [0.717, 1.165) is 37.7 Å². The second kappa shape index (κ2) is 5.82. The summed E-state index contributed by atoms with van der Waals surface area (Å²) in [5.74, 6) is 2.74. The highest BCUT2D eigenvalue weighted by Gasteiger charge is 2.14. The molecule has 5 nitrogen and oxygen atoms in total. The van der Waals surface area contributed by atoms with Gasteiger partial charge in [-0.3, -0.25) is 0 Å². The van der Waals surface area contributed by atoms with Crippen LogP contribution < -0.4 is 10.1 Å². The second-order valence-electron chi connectivity index (χ2n) is 4.26. The van der Waals surface area contributed by atoms with Gasteiger partial charge in [-0.2, -0.15) is 4.98 Å². The van der Waals surface area contributed by atoms with Gasteiger partial charge in [-0.25, -0.2) is 4.98 Å². The molecule has 1 aliphatic heterocycles. The Balaban J connectivity index is 1.91. The van der Waals surface area contributed by atoms with E-state index in [0.29, 0.717) is 18.4 Å². The maximum atomic E-state index is 5.72. The highest BCUT2D eigenvalue weighted by Crippen LogP contribution is 2.18. The minimum Gasteiger partial charge on any atom is -0.477 e. The van der Waals surface area contributed by atoms with Gasteiger partial charge in [-0.05, 0) is 25.7 Å². The zero-order valence-electron chi connectivity index (χ0n) is 10.4. The fourth-order valence-electron chi connectivity index (χ4n) is 1.86. The summed E-state index contributed by atoms with van der Waals surface area (Å²) in [6.07, 6.45) is 2.14. The summed E-state index contributed by atoms with van der Waals surface area (Å²) in [5, 5.41) is 3.00. The van der Waals surface area contributed by atoms with E-state index in [2.05, 4.69) is 15.3 Å². The first-order chi connectivity index (χ1) is 8.28. The Morgan fingerprint density at radius 2 is 2.18 bits per heavy atom. The first-order valence-electron chi connectivity index (χ1n) is 6.02. The summed E-state index contributed by atoms with van der Waals surface area (Å²) in [4.78, 5) is 8.49. The Hall–Kier alpha value is -1.36. The Bertz CT molecular complexity index is 365. The van der Waals surface area contributed by atoms with Gasteiger partial charge in [0, 0.05) is 26.3 Å². The van der Waals surface area contributed by atoms with E-state index in [1.165, 1.54) is 0 Å². The lowest BCUT2D eigenvalue weighted by Crippen LogP contribution is -2.21. The summed E-state index contributed by atoms with van der Waals surface area (Å²) in [6, 6.07) is 1.83. The van der Waals surface area contributed by atoms with Crippen LogP contribution in [0, 0.1) is 12.8 Å². The van der Waals surface area contributed by atoms with E-state index in [-0.39, 0.29) is 0 Å². The number of rotatable bonds is 4. The summed E-state index contributed by atoms with van der Waals surface area (Å²) < 4.78 is 11.0. The molecule has 0 bridgehead atoms. The molecule has 1 N–H and O–H groups in total. The Labute approximate surface area is 102 Å². The average Bonchev–Trinajstić information content (AvgIpc) is 2.37. The molecule has 1 fully saturated rings. The van der Waals surface area contributed by atoms with E-state index in [1.54, 1.807) is 0 Å². The minimum absolute atomic E-state index is 0.581. The van der Waals surface area contributed by atoms with Crippen molar-refractivity contribution in [3.63, 3.8) is 0 Å². The maximum Gasteiger partial charge on any atom is 0.218 e. The molecule has 2 heterocycles. The summed E-state index contributed by atoms with van der Waals surface area (Å²) >= 11 is 0. The van der Waals surface area contributed by atoms with Crippen LogP contribution in [-0.2, 0) is 4.74 Å². The van der Waals surface area contributed by atoms with E-state index in [9.17, 15) is 0 Å². The molecule has 1 aliphatic rings. The first kappa shape index (κ1) is 12.1. The number of anilines is 1. The smallest absolute Gasteiger partial charge is 0.218 e. The van der Waals surface area contributed by atoms with Gasteiger partial charge in [0.1, 0.15) is 11.6 Å². The van der Waals surface area contributed by atoms with Gasteiger partial charge < -0.3 is 14.8 Å². The topological polar surface area (TPSA) is 56.3 Å². The lowest BCUT2D eigenvalue weighted by molar-refractivity contribution is 0.0490. The third-order valence-electron chi connectivity index (χ3n) is 2.88. The molecular formula is C12H19N3O2. The van der Waals surface area contributed by atoms with Crippen molar-refractivity contribution >= 4 is 5.82 Å². The third kappa shape index (κ3) is 3.56.